The molecule has 0 atom stereocenters. The maximum atomic E-state index is 13.7. The van der Waals surface area contributed by atoms with E-state index in [4.69, 9.17) is 5.11 Å². The largest absolute Gasteiger partial charge is 0.478 e. The molecule has 0 saturated carbocycles. The molecular formula is C13H6BrF3O2. The molecule has 2 aromatic carbocycles. The molecule has 0 heterocycles. The van der Waals surface area contributed by atoms with Crippen molar-refractivity contribution >= 4 is 21.9 Å². The molecule has 2 nitrogen and oxygen atoms in total. The van der Waals surface area contributed by atoms with Crippen LogP contribution in [0.25, 0.3) is 11.1 Å². The normalized spacial score (nSPS) is 10.5. The van der Waals surface area contributed by atoms with E-state index in [1.165, 1.54) is 18.2 Å². The summed E-state index contributed by atoms with van der Waals surface area (Å²) in [4.78, 5) is 11.1. The highest BCUT2D eigenvalue weighted by Crippen LogP contribution is 2.30. The molecule has 6 heteroatoms. The second-order valence-electron chi connectivity index (χ2n) is 3.72. The van der Waals surface area contributed by atoms with Gasteiger partial charge in [-0.1, -0.05) is 22.0 Å². The van der Waals surface area contributed by atoms with Crippen LogP contribution in [0.5, 0.6) is 0 Å². The van der Waals surface area contributed by atoms with Crippen molar-refractivity contribution in [3.05, 3.63) is 57.8 Å². The smallest absolute Gasteiger partial charge is 0.336 e. The second-order valence-corrected chi connectivity index (χ2v) is 4.63. The fourth-order valence-electron chi connectivity index (χ4n) is 1.66. The zero-order valence-electron chi connectivity index (χ0n) is 9.25. The first kappa shape index (κ1) is 13.6. The summed E-state index contributed by atoms with van der Waals surface area (Å²) in [6, 6.07) is 5.83. The van der Waals surface area contributed by atoms with Crippen LogP contribution in [0.3, 0.4) is 0 Å². The number of halogens is 4. The lowest BCUT2D eigenvalue weighted by molar-refractivity contribution is 0.0697. The molecule has 0 radical (unpaired) electrons. The van der Waals surface area contributed by atoms with E-state index in [1.54, 1.807) is 0 Å². The van der Waals surface area contributed by atoms with Gasteiger partial charge in [-0.25, -0.2) is 18.0 Å². The van der Waals surface area contributed by atoms with Crippen molar-refractivity contribution in [2.45, 2.75) is 0 Å². The lowest BCUT2D eigenvalue weighted by atomic mass is 9.99. The van der Waals surface area contributed by atoms with E-state index in [-0.39, 0.29) is 16.7 Å². The molecule has 0 aromatic heterocycles. The number of carboxylic acids is 1. The monoisotopic (exact) mass is 330 g/mol. The Morgan fingerprint density at radius 2 is 1.63 bits per heavy atom. The first-order chi connectivity index (χ1) is 8.91. The molecular weight excluding hydrogens is 325 g/mol. The number of benzene rings is 2. The van der Waals surface area contributed by atoms with Crippen LogP contribution in [-0.2, 0) is 0 Å². The van der Waals surface area contributed by atoms with Gasteiger partial charge in [0, 0.05) is 10.0 Å². The van der Waals surface area contributed by atoms with Crippen molar-refractivity contribution in [1.82, 2.24) is 0 Å². The van der Waals surface area contributed by atoms with E-state index >= 15 is 0 Å². The molecule has 2 aromatic rings. The highest BCUT2D eigenvalue weighted by Gasteiger charge is 2.19. The van der Waals surface area contributed by atoms with Gasteiger partial charge in [-0.15, -0.1) is 0 Å². The predicted octanol–water partition coefficient (Wildman–Crippen LogP) is 4.23. The topological polar surface area (TPSA) is 37.3 Å². The summed E-state index contributed by atoms with van der Waals surface area (Å²) in [6.07, 6.45) is 0. The lowest BCUT2D eigenvalue weighted by Crippen LogP contribution is -2.02. The van der Waals surface area contributed by atoms with Crippen LogP contribution in [0, 0.1) is 17.5 Å². The van der Waals surface area contributed by atoms with Gasteiger partial charge in [-0.2, -0.15) is 0 Å². The molecule has 2 rings (SSSR count). The number of aromatic carboxylic acids is 1. The number of hydrogen-bond donors (Lipinski definition) is 1. The standard InChI is InChI=1S/C13H6BrF3O2/c14-6-1-2-7(9(5-6)13(18)19)8-3-4-10(15)12(17)11(8)16/h1-5H,(H,18,19). The van der Waals surface area contributed by atoms with E-state index in [9.17, 15) is 18.0 Å². The molecule has 0 aliphatic carbocycles. The number of rotatable bonds is 2. The maximum Gasteiger partial charge on any atom is 0.336 e. The van der Waals surface area contributed by atoms with Crippen molar-refractivity contribution in [1.29, 1.82) is 0 Å². The van der Waals surface area contributed by atoms with Crippen LogP contribution in [-0.4, -0.2) is 11.1 Å². The average molecular weight is 331 g/mol. The summed E-state index contributed by atoms with van der Waals surface area (Å²) in [5.74, 6) is -5.66. The first-order valence-electron chi connectivity index (χ1n) is 5.08. The highest BCUT2D eigenvalue weighted by molar-refractivity contribution is 9.10. The molecule has 0 unspecified atom stereocenters. The third kappa shape index (κ3) is 2.49. The molecule has 1 N–H and O–H groups in total. The summed E-state index contributed by atoms with van der Waals surface area (Å²) in [6.45, 7) is 0. The lowest BCUT2D eigenvalue weighted by Gasteiger charge is -2.09. The Balaban J connectivity index is 2.72. The quantitative estimate of drug-likeness (QED) is 0.836. The van der Waals surface area contributed by atoms with Gasteiger partial charge in [0.25, 0.3) is 0 Å². The van der Waals surface area contributed by atoms with Gasteiger partial charge in [0.1, 0.15) is 0 Å². The average Bonchev–Trinajstić information content (AvgIpc) is 2.37. The molecule has 98 valence electrons. The van der Waals surface area contributed by atoms with Gasteiger partial charge in [0.2, 0.25) is 0 Å². The van der Waals surface area contributed by atoms with Gasteiger partial charge < -0.3 is 5.11 Å². The number of carbonyl (C=O) groups is 1. The minimum absolute atomic E-state index is 0.0212. The molecule has 19 heavy (non-hydrogen) atoms. The van der Waals surface area contributed by atoms with E-state index in [2.05, 4.69) is 15.9 Å². The van der Waals surface area contributed by atoms with Gasteiger partial charge in [-0.05, 0) is 29.8 Å². The molecule has 0 amide bonds. The van der Waals surface area contributed by atoms with Crippen LogP contribution in [0.4, 0.5) is 13.2 Å². The van der Waals surface area contributed by atoms with Crippen LogP contribution < -0.4 is 0 Å². The summed E-state index contributed by atoms with van der Waals surface area (Å²) in [5, 5.41) is 9.06. The maximum absolute atomic E-state index is 13.7. The van der Waals surface area contributed by atoms with Gasteiger partial charge in [0.05, 0.1) is 5.56 Å². The van der Waals surface area contributed by atoms with Gasteiger partial charge in [-0.3, -0.25) is 0 Å². The molecule has 0 spiro atoms. The minimum Gasteiger partial charge on any atom is -0.478 e. The Morgan fingerprint density at radius 3 is 2.26 bits per heavy atom. The Hall–Kier alpha value is -1.82. The highest BCUT2D eigenvalue weighted by atomic mass is 79.9. The van der Waals surface area contributed by atoms with Crippen LogP contribution in [0.1, 0.15) is 10.4 Å². The Bertz CT molecular complexity index is 671. The van der Waals surface area contributed by atoms with Crippen molar-refractivity contribution in [2.75, 3.05) is 0 Å². The molecule has 0 aliphatic heterocycles. The fraction of sp³-hybridized carbons (Fsp3) is 0. The molecule has 0 aliphatic rings. The zero-order valence-corrected chi connectivity index (χ0v) is 10.8. The van der Waals surface area contributed by atoms with Crippen LogP contribution >= 0.6 is 15.9 Å². The minimum atomic E-state index is -1.63. The zero-order chi connectivity index (χ0) is 14.2. The number of carboxylic acid groups (broad SMARTS) is 1. The third-order valence-corrected chi connectivity index (χ3v) is 3.03. The summed E-state index contributed by atoms with van der Waals surface area (Å²) >= 11 is 3.09. The molecule has 0 fully saturated rings. The van der Waals surface area contributed by atoms with Crippen molar-refractivity contribution in [2.24, 2.45) is 0 Å². The predicted molar refractivity (Wildman–Crippen MR) is 66.4 cm³/mol. The van der Waals surface area contributed by atoms with Crippen molar-refractivity contribution in [3.63, 3.8) is 0 Å². The molecule has 0 bridgehead atoms. The molecule has 0 saturated heterocycles. The summed E-state index contributed by atoms with van der Waals surface area (Å²) in [7, 11) is 0. The second kappa shape index (κ2) is 5.05. The van der Waals surface area contributed by atoms with Gasteiger partial charge in [0.15, 0.2) is 17.5 Å². The van der Waals surface area contributed by atoms with Crippen LogP contribution in [0.2, 0.25) is 0 Å². The summed E-state index contributed by atoms with van der Waals surface area (Å²) in [5.41, 5.74) is -0.532. The summed E-state index contributed by atoms with van der Waals surface area (Å²) < 4.78 is 40.2. The first-order valence-corrected chi connectivity index (χ1v) is 5.88. The van der Waals surface area contributed by atoms with E-state index in [0.29, 0.717) is 4.47 Å². The van der Waals surface area contributed by atoms with Gasteiger partial charge >= 0.3 is 5.97 Å². The van der Waals surface area contributed by atoms with E-state index in [1.807, 2.05) is 0 Å². The van der Waals surface area contributed by atoms with E-state index in [0.717, 1.165) is 12.1 Å². The Labute approximate surface area is 114 Å². The fourth-order valence-corrected chi connectivity index (χ4v) is 2.02. The van der Waals surface area contributed by atoms with E-state index < -0.39 is 23.4 Å². The van der Waals surface area contributed by atoms with Crippen molar-refractivity contribution in [3.8, 4) is 11.1 Å². The van der Waals surface area contributed by atoms with Crippen molar-refractivity contribution < 1.29 is 23.1 Å². The Kier molecular flexibility index (Phi) is 3.61. The van der Waals surface area contributed by atoms with Crippen LogP contribution in [0.15, 0.2) is 34.8 Å². The Morgan fingerprint density at radius 1 is 1.00 bits per heavy atom. The third-order valence-electron chi connectivity index (χ3n) is 2.54. The number of hydrogen-bond acceptors (Lipinski definition) is 1. The SMILES string of the molecule is O=C(O)c1cc(Br)ccc1-c1ccc(F)c(F)c1F.